The van der Waals surface area contributed by atoms with E-state index in [1.165, 1.54) is 24.7 Å². The smallest absolute Gasteiger partial charge is 0.257 e. The Labute approximate surface area is 143 Å². The van der Waals surface area contributed by atoms with E-state index in [4.69, 9.17) is 9.15 Å². The van der Waals surface area contributed by atoms with Crippen LogP contribution in [0.2, 0.25) is 0 Å². The number of hydrogen-bond donors (Lipinski definition) is 0. The molecule has 0 aliphatic carbocycles. The van der Waals surface area contributed by atoms with Crippen molar-refractivity contribution in [1.82, 2.24) is 9.80 Å². The molecule has 7 heteroatoms. The molecular weight excluding hydrogens is 327 g/mol. The number of fused-ring (bicyclic) bond motifs is 1. The Morgan fingerprint density at radius 2 is 2.16 bits per heavy atom. The zero-order valence-electron chi connectivity index (χ0n) is 13.4. The molecule has 2 amide bonds. The number of furan rings is 1. The zero-order valence-corrected chi connectivity index (χ0v) is 13.4. The number of ether oxygens (including phenoxy) is 1. The Morgan fingerprint density at radius 3 is 2.92 bits per heavy atom. The van der Waals surface area contributed by atoms with E-state index >= 15 is 0 Å². The lowest BCUT2D eigenvalue weighted by Crippen LogP contribution is -2.53. The van der Waals surface area contributed by atoms with Crippen LogP contribution < -0.4 is 0 Å². The molecule has 0 saturated carbocycles. The Hall–Kier alpha value is -2.67. The number of morpholine rings is 1. The van der Waals surface area contributed by atoms with Crippen molar-refractivity contribution in [2.45, 2.75) is 18.7 Å². The Kier molecular flexibility index (Phi) is 4.01. The molecule has 2 aromatic rings. The summed E-state index contributed by atoms with van der Waals surface area (Å²) in [6, 6.07) is 7.57. The molecule has 2 atom stereocenters. The molecule has 0 unspecified atom stereocenters. The van der Waals surface area contributed by atoms with Gasteiger partial charge in [-0.3, -0.25) is 9.59 Å². The monoisotopic (exact) mass is 344 g/mol. The second kappa shape index (κ2) is 6.33. The molecule has 1 aromatic heterocycles. The van der Waals surface area contributed by atoms with Gasteiger partial charge in [-0.1, -0.05) is 12.1 Å². The van der Waals surface area contributed by atoms with Crippen molar-refractivity contribution < 1.29 is 23.1 Å². The van der Waals surface area contributed by atoms with Gasteiger partial charge < -0.3 is 19.0 Å². The van der Waals surface area contributed by atoms with E-state index in [-0.39, 0.29) is 36.4 Å². The van der Waals surface area contributed by atoms with Crippen LogP contribution in [-0.4, -0.2) is 53.5 Å². The Morgan fingerprint density at radius 1 is 1.28 bits per heavy atom. The van der Waals surface area contributed by atoms with Gasteiger partial charge in [0.2, 0.25) is 5.91 Å². The second-order valence-corrected chi connectivity index (χ2v) is 6.29. The number of benzene rings is 1. The van der Waals surface area contributed by atoms with Crippen LogP contribution >= 0.6 is 0 Å². The molecule has 3 heterocycles. The highest BCUT2D eigenvalue weighted by Crippen LogP contribution is 2.26. The van der Waals surface area contributed by atoms with Gasteiger partial charge >= 0.3 is 0 Å². The average molecular weight is 344 g/mol. The molecular formula is C18H17FN2O4. The summed E-state index contributed by atoms with van der Waals surface area (Å²) in [5.41, 5.74) is 1.19. The standard InChI is InChI=1S/C18H17FN2O4/c19-14-3-1-2-12(6-14)7-21-15-8-20(9-16(15)25-11-17(21)22)18(23)13-4-5-24-10-13/h1-6,10,15-16H,7-9,11H2/t15-,16-/m1/s1. The summed E-state index contributed by atoms with van der Waals surface area (Å²) in [6.07, 6.45) is 2.62. The first-order valence-electron chi connectivity index (χ1n) is 8.09. The van der Waals surface area contributed by atoms with Crippen LogP contribution in [0.4, 0.5) is 4.39 Å². The summed E-state index contributed by atoms with van der Waals surface area (Å²) in [7, 11) is 0. The van der Waals surface area contributed by atoms with E-state index in [1.807, 2.05) is 0 Å². The lowest BCUT2D eigenvalue weighted by atomic mass is 10.1. The number of amides is 2. The summed E-state index contributed by atoms with van der Waals surface area (Å²) >= 11 is 0. The summed E-state index contributed by atoms with van der Waals surface area (Å²) < 4.78 is 24.0. The molecule has 2 aliphatic heterocycles. The van der Waals surface area contributed by atoms with E-state index < -0.39 is 0 Å². The third-order valence-corrected chi connectivity index (χ3v) is 4.68. The van der Waals surface area contributed by atoms with E-state index in [1.54, 1.807) is 28.0 Å². The topological polar surface area (TPSA) is 63.0 Å². The molecule has 2 fully saturated rings. The third kappa shape index (κ3) is 3.02. The Bertz CT molecular complexity index is 792. The molecule has 1 aromatic carbocycles. The summed E-state index contributed by atoms with van der Waals surface area (Å²) in [5, 5.41) is 0. The van der Waals surface area contributed by atoms with Crippen molar-refractivity contribution in [3.05, 3.63) is 59.8 Å². The highest BCUT2D eigenvalue weighted by Gasteiger charge is 2.44. The molecule has 0 bridgehead atoms. The fourth-order valence-electron chi connectivity index (χ4n) is 3.44. The quantitative estimate of drug-likeness (QED) is 0.850. The normalized spacial score (nSPS) is 23.0. The maximum Gasteiger partial charge on any atom is 0.257 e. The maximum atomic E-state index is 13.4. The van der Waals surface area contributed by atoms with Gasteiger partial charge in [0.1, 0.15) is 18.7 Å². The van der Waals surface area contributed by atoms with Crippen molar-refractivity contribution in [3.63, 3.8) is 0 Å². The van der Waals surface area contributed by atoms with Gasteiger partial charge in [-0.05, 0) is 23.8 Å². The minimum absolute atomic E-state index is 0.0236. The molecule has 130 valence electrons. The van der Waals surface area contributed by atoms with E-state index in [9.17, 15) is 14.0 Å². The maximum absolute atomic E-state index is 13.4. The SMILES string of the molecule is O=C(c1ccoc1)N1C[C@@H]2[C@@H](C1)OCC(=O)N2Cc1cccc(F)c1. The van der Waals surface area contributed by atoms with Gasteiger partial charge in [-0.2, -0.15) is 0 Å². The summed E-state index contributed by atoms with van der Waals surface area (Å²) in [6.45, 7) is 1.08. The molecule has 0 N–H and O–H groups in total. The molecule has 4 rings (SSSR count). The van der Waals surface area contributed by atoms with E-state index in [0.717, 1.165) is 0 Å². The van der Waals surface area contributed by atoms with Crippen molar-refractivity contribution in [2.24, 2.45) is 0 Å². The highest BCUT2D eigenvalue weighted by atomic mass is 19.1. The lowest BCUT2D eigenvalue weighted by molar-refractivity contribution is -0.153. The van der Waals surface area contributed by atoms with Crippen LogP contribution in [0.25, 0.3) is 0 Å². The van der Waals surface area contributed by atoms with Crippen LogP contribution in [0.3, 0.4) is 0 Å². The number of hydrogen-bond acceptors (Lipinski definition) is 4. The number of carbonyl (C=O) groups is 2. The van der Waals surface area contributed by atoms with Gasteiger partial charge in [0.15, 0.2) is 0 Å². The average Bonchev–Trinajstić information content (AvgIpc) is 3.26. The van der Waals surface area contributed by atoms with Crippen LogP contribution in [0, 0.1) is 5.82 Å². The fourth-order valence-corrected chi connectivity index (χ4v) is 3.44. The van der Waals surface area contributed by atoms with Crippen LogP contribution in [0.1, 0.15) is 15.9 Å². The van der Waals surface area contributed by atoms with Crippen molar-refractivity contribution >= 4 is 11.8 Å². The molecule has 2 saturated heterocycles. The van der Waals surface area contributed by atoms with Gasteiger partial charge in [-0.15, -0.1) is 0 Å². The van der Waals surface area contributed by atoms with Gasteiger partial charge in [0.05, 0.1) is 24.0 Å². The second-order valence-electron chi connectivity index (χ2n) is 6.29. The number of likely N-dealkylation sites (tertiary alicyclic amines) is 1. The zero-order chi connectivity index (χ0) is 17.4. The van der Waals surface area contributed by atoms with Crippen LogP contribution in [-0.2, 0) is 16.1 Å². The van der Waals surface area contributed by atoms with E-state index in [0.29, 0.717) is 30.8 Å². The van der Waals surface area contributed by atoms with Crippen LogP contribution in [0.5, 0.6) is 0 Å². The predicted octanol–water partition coefficient (Wildman–Crippen LogP) is 1.67. The first kappa shape index (κ1) is 15.8. The molecule has 0 spiro atoms. The minimum Gasteiger partial charge on any atom is -0.472 e. The third-order valence-electron chi connectivity index (χ3n) is 4.68. The number of halogens is 1. The fraction of sp³-hybridized carbons (Fsp3) is 0.333. The van der Waals surface area contributed by atoms with Crippen molar-refractivity contribution in [2.75, 3.05) is 19.7 Å². The first-order chi connectivity index (χ1) is 12.1. The van der Waals surface area contributed by atoms with Gasteiger partial charge in [0.25, 0.3) is 5.91 Å². The Balaban J connectivity index is 1.52. The molecule has 25 heavy (non-hydrogen) atoms. The van der Waals surface area contributed by atoms with Gasteiger partial charge in [0, 0.05) is 19.6 Å². The van der Waals surface area contributed by atoms with Crippen LogP contribution in [0.15, 0.2) is 47.3 Å². The van der Waals surface area contributed by atoms with E-state index in [2.05, 4.69) is 0 Å². The lowest BCUT2D eigenvalue weighted by Gasteiger charge is -2.36. The summed E-state index contributed by atoms with van der Waals surface area (Å²) in [4.78, 5) is 28.2. The van der Waals surface area contributed by atoms with Crippen molar-refractivity contribution in [1.29, 1.82) is 0 Å². The number of nitrogens with zero attached hydrogens (tertiary/aromatic N) is 2. The van der Waals surface area contributed by atoms with Gasteiger partial charge in [-0.25, -0.2) is 4.39 Å². The number of rotatable bonds is 3. The molecule has 2 aliphatic rings. The predicted molar refractivity (Wildman–Crippen MR) is 85.1 cm³/mol. The first-order valence-corrected chi connectivity index (χ1v) is 8.09. The number of carbonyl (C=O) groups excluding carboxylic acids is 2. The molecule has 6 nitrogen and oxygen atoms in total. The highest BCUT2D eigenvalue weighted by molar-refractivity contribution is 5.94. The minimum atomic E-state index is -0.335. The largest absolute Gasteiger partial charge is 0.472 e. The van der Waals surface area contributed by atoms with Crippen molar-refractivity contribution in [3.8, 4) is 0 Å². The summed E-state index contributed by atoms with van der Waals surface area (Å²) in [5.74, 6) is -0.633. The molecule has 0 radical (unpaired) electrons.